The maximum absolute atomic E-state index is 12.3. The minimum atomic E-state index is -0.0266. The van der Waals surface area contributed by atoms with E-state index in [0.717, 1.165) is 43.3 Å². The van der Waals surface area contributed by atoms with Gasteiger partial charge in [-0.2, -0.15) is 0 Å². The Morgan fingerprint density at radius 1 is 1.08 bits per heavy atom. The summed E-state index contributed by atoms with van der Waals surface area (Å²) in [6, 6.07) is 13.0. The lowest BCUT2D eigenvalue weighted by Gasteiger charge is -2.35. The van der Waals surface area contributed by atoms with Gasteiger partial charge in [0.05, 0.1) is 23.7 Å². The summed E-state index contributed by atoms with van der Waals surface area (Å²) in [4.78, 5) is 16.7. The lowest BCUT2D eigenvalue weighted by molar-refractivity contribution is -0.117. The number of halogens is 2. The second-order valence-corrected chi connectivity index (χ2v) is 6.96. The Hall–Kier alpha value is -1.95. The molecular weight excluding hydrogens is 373 g/mol. The highest BCUT2D eigenvalue weighted by atomic mass is 35.5. The number of hydrogen-bond donors (Lipinski definition) is 1. The van der Waals surface area contributed by atoms with Gasteiger partial charge in [-0.3, -0.25) is 9.69 Å². The van der Waals surface area contributed by atoms with E-state index < -0.39 is 0 Å². The predicted molar refractivity (Wildman–Crippen MR) is 107 cm³/mol. The molecular formula is C19H21Cl2N3O2. The number of amides is 1. The first-order valence-electron chi connectivity index (χ1n) is 8.41. The third kappa shape index (κ3) is 4.81. The highest BCUT2D eigenvalue weighted by Gasteiger charge is 2.19. The molecule has 3 rings (SSSR count). The highest BCUT2D eigenvalue weighted by molar-refractivity contribution is 6.42. The molecule has 1 amide bonds. The normalized spacial score (nSPS) is 15.0. The first-order valence-corrected chi connectivity index (χ1v) is 9.17. The Bertz CT molecular complexity index is 777. The van der Waals surface area contributed by atoms with Crippen molar-refractivity contribution in [3.05, 3.63) is 52.5 Å². The van der Waals surface area contributed by atoms with Gasteiger partial charge in [0.15, 0.2) is 0 Å². The van der Waals surface area contributed by atoms with Crippen LogP contribution in [0.5, 0.6) is 5.75 Å². The third-order valence-corrected chi connectivity index (χ3v) is 5.10. The zero-order valence-corrected chi connectivity index (χ0v) is 16.1. The Kier molecular flexibility index (Phi) is 6.25. The second-order valence-electron chi connectivity index (χ2n) is 6.14. The van der Waals surface area contributed by atoms with Gasteiger partial charge in [-0.05, 0) is 30.3 Å². The molecule has 0 radical (unpaired) electrons. The number of ether oxygens (including phenoxy) is 1. The maximum Gasteiger partial charge on any atom is 0.238 e. The van der Waals surface area contributed by atoms with E-state index in [0.29, 0.717) is 16.6 Å². The molecule has 26 heavy (non-hydrogen) atoms. The van der Waals surface area contributed by atoms with Gasteiger partial charge in [0, 0.05) is 43.6 Å². The van der Waals surface area contributed by atoms with Crippen LogP contribution in [0.1, 0.15) is 0 Å². The van der Waals surface area contributed by atoms with Crippen LogP contribution in [-0.2, 0) is 4.79 Å². The summed E-state index contributed by atoms with van der Waals surface area (Å²) in [6.07, 6.45) is 0. The van der Waals surface area contributed by atoms with Gasteiger partial charge in [0.25, 0.3) is 0 Å². The molecule has 0 atom stereocenters. The molecule has 138 valence electrons. The molecule has 1 N–H and O–H groups in total. The van der Waals surface area contributed by atoms with E-state index in [2.05, 4.69) is 15.1 Å². The van der Waals surface area contributed by atoms with Crippen molar-refractivity contribution in [2.45, 2.75) is 0 Å². The van der Waals surface area contributed by atoms with E-state index in [4.69, 9.17) is 27.9 Å². The van der Waals surface area contributed by atoms with Crippen LogP contribution in [0, 0.1) is 0 Å². The van der Waals surface area contributed by atoms with E-state index in [-0.39, 0.29) is 5.91 Å². The molecule has 0 aromatic heterocycles. The molecule has 0 bridgehead atoms. The van der Waals surface area contributed by atoms with Crippen LogP contribution in [0.15, 0.2) is 42.5 Å². The molecule has 0 unspecified atom stereocenters. The van der Waals surface area contributed by atoms with Gasteiger partial charge in [-0.1, -0.05) is 29.3 Å². The molecule has 0 saturated carbocycles. The zero-order chi connectivity index (χ0) is 18.5. The summed E-state index contributed by atoms with van der Waals surface area (Å²) in [5.74, 6) is 0.694. The molecule has 1 heterocycles. The van der Waals surface area contributed by atoms with Gasteiger partial charge < -0.3 is 15.0 Å². The van der Waals surface area contributed by atoms with Crippen molar-refractivity contribution in [2.75, 3.05) is 50.1 Å². The smallest absolute Gasteiger partial charge is 0.238 e. The zero-order valence-electron chi connectivity index (χ0n) is 14.5. The number of nitrogens with zero attached hydrogens (tertiary/aromatic N) is 2. The summed E-state index contributed by atoms with van der Waals surface area (Å²) < 4.78 is 5.17. The van der Waals surface area contributed by atoms with Gasteiger partial charge in [-0.15, -0.1) is 0 Å². The number of hydrogen-bond acceptors (Lipinski definition) is 4. The highest BCUT2D eigenvalue weighted by Crippen LogP contribution is 2.27. The second kappa shape index (κ2) is 8.62. The van der Waals surface area contributed by atoms with Gasteiger partial charge in [-0.25, -0.2) is 0 Å². The quantitative estimate of drug-likeness (QED) is 0.839. The fraction of sp³-hybridized carbons (Fsp3) is 0.316. The minimum absolute atomic E-state index is 0.0266. The monoisotopic (exact) mass is 393 g/mol. The fourth-order valence-electron chi connectivity index (χ4n) is 2.95. The van der Waals surface area contributed by atoms with Crippen LogP contribution in [-0.4, -0.2) is 50.6 Å². The van der Waals surface area contributed by atoms with Crippen LogP contribution in [0.4, 0.5) is 11.4 Å². The summed E-state index contributed by atoms with van der Waals surface area (Å²) in [5, 5.41) is 4.03. The summed E-state index contributed by atoms with van der Waals surface area (Å²) in [5.41, 5.74) is 1.80. The van der Waals surface area contributed by atoms with Crippen molar-refractivity contribution in [2.24, 2.45) is 0 Å². The van der Waals surface area contributed by atoms with E-state index in [1.165, 1.54) is 0 Å². The Balaban J connectivity index is 1.50. The Morgan fingerprint density at radius 3 is 2.54 bits per heavy atom. The summed E-state index contributed by atoms with van der Waals surface area (Å²) in [6.45, 7) is 3.67. The van der Waals surface area contributed by atoms with Crippen molar-refractivity contribution >= 4 is 40.5 Å². The van der Waals surface area contributed by atoms with Crippen molar-refractivity contribution < 1.29 is 9.53 Å². The maximum atomic E-state index is 12.3. The molecule has 1 saturated heterocycles. The van der Waals surface area contributed by atoms with E-state index in [9.17, 15) is 4.79 Å². The van der Waals surface area contributed by atoms with Crippen LogP contribution in [0.3, 0.4) is 0 Å². The molecule has 2 aromatic rings. The number of benzene rings is 2. The molecule has 1 fully saturated rings. The van der Waals surface area contributed by atoms with Crippen molar-refractivity contribution in [3.63, 3.8) is 0 Å². The number of methoxy groups -OCH3 is 1. The van der Waals surface area contributed by atoms with E-state index in [1.807, 2.05) is 36.4 Å². The first kappa shape index (κ1) is 18.8. The number of carbonyl (C=O) groups is 1. The third-order valence-electron chi connectivity index (χ3n) is 4.36. The van der Waals surface area contributed by atoms with Crippen molar-refractivity contribution in [3.8, 4) is 5.75 Å². The average molecular weight is 394 g/mol. The van der Waals surface area contributed by atoms with Crippen molar-refractivity contribution in [1.82, 2.24) is 4.90 Å². The van der Waals surface area contributed by atoms with Gasteiger partial charge in [0.2, 0.25) is 5.91 Å². The first-order chi connectivity index (χ1) is 12.5. The van der Waals surface area contributed by atoms with Crippen LogP contribution in [0.2, 0.25) is 10.0 Å². The molecule has 1 aliphatic heterocycles. The van der Waals surface area contributed by atoms with Crippen LogP contribution < -0.4 is 15.0 Å². The fourth-order valence-corrected chi connectivity index (χ4v) is 3.24. The van der Waals surface area contributed by atoms with Crippen LogP contribution >= 0.6 is 23.2 Å². The Morgan fingerprint density at radius 2 is 1.85 bits per heavy atom. The standard InChI is InChI=1S/C19H21Cl2N3O2/c1-26-16-4-2-3-14(11-16)22-19(25)13-23-7-9-24(10-8-23)15-5-6-17(20)18(21)12-15/h2-6,11-12H,7-10,13H2,1H3,(H,22,25). The van der Waals surface area contributed by atoms with E-state index in [1.54, 1.807) is 13.2 Å². The molecule has 1 aliphatic rings. The largest absolute Gasteiger partial charge is 0.497 e. The van der Waals surface area contributed by atoms with Crippen molar-refractivity contribution in [1.29, 1.82) is 0 Å². The number of carbonyl (C=O) groups excluding carboxylic acids is 1. The minimum Gasteiger partial charge on any atom is -0.497 e. The number of rotatable bonds is 5. The number of piperazine rings is 1. The molecule has 2 aromatic carbocycles. The van der Waals surface area contributed by atoms with E-state index >= 15 is 0 Å². The van der Waals surface area contributed by atoms with Crippen LogP contribution in [0.25, 0.3) is 0 Å². The molecule has 0 aliphatic carbocycles. The topological polar surface area (TPSA) is 44.8 Å². The number of nitrogens with one attached hydrogen (secondary N) is 1. The lowest BCUT2D eigenvalue weighted by atomic mass is 10.2. The Labute approximate surface area is 163 Å². The molecule has 0 spiro atoms. The SMILES string of the molecule is COc1cccc(NC(=O)CN2CCN(c3ccc(Cl)c(Cl)c3)CC2)c1. The summed E-state index contributed by atoms with van der Waals surface area (Å²) >= 11 is 12.1. The molecule has 7 heteroatoms. The lowest BCUT2D eigenvalue weighted by Crippen LogP contribution is -2.48. The van der Waals surface area contributed by atoms with Gasteiger partial charge in [0.1, 0.15) is 5.75 Å². The molecule has 5 nitrogen and oxygen atoms in total. The predicted octanol–water partition coefficient (Wildman–Crippen LogP) is 3.76. The van der Waals surface area contributed by atoms with Gasteiger partial charge >= 0.3 is 0 Å². The summed E-state index contributed by atoms with van der Waals surface area (Å²) in [7, 11) is 1.61. The number of anilines is 2. The average Bonchev–Trinajstić information content (AvgIpc) is 2.65.